The van der Waals surface area contributed by atoms with Gasteiger partial charge in [-0.15, -0.1) is 0 Å². The molecule has 6 heteroatoms. The zero-order valence-electron chi connectivity index (χ0n) is 10.6. The van der Waals surface area contributed by atoms with Crippen LogP contribution < -0.4 is 0 Å². The van der Waals surface area contributed by atoms with Gasteiger partial charge in [-0.2, -0.15) is 5.10 Å². The fourth-order valence-corrected chi connectivity index (χ4v) is 2.24. The molecule has 19 heavy (non-hydrogen) atoms. The quantitative estimate of drug-likeness (QED) is 0.724. The van der Waals surface area contributed by atoms with E-state index in [1.165, 1.54) is 0 Å². The van der Waals surface area contributed by atoms with Gasteiger partial charge in [0.15, 0.2) is 0 Å². The number of hydrogen-bond donors (Lipinski definition) is 1. The summed E-state index contributed by atoms with van der Waals surface area (Å²) in [6.07, 6.45) is 14.0. The molecule has 0 saturated carbocycles. The topological polar surface area (TPSA) is 64.3 Å². The lowest BCUT2D eigenvalue weighted by molar-refractivity contribution is 0.360. The molecule has 1 N–H and O–H groups in total. The Morgan fingerprint density at radius 2 is 2.16 bits per heavy atom. The van der Waals surface area contributed by atoms with Gasteiger partial charge in [0.2, 0.25) is 0 Å². The first-order valence-electron chi connectivity index (χ1n) is 6.31. The fraction of sp³-hybridized carbons (Fsp3) is 0.308. The molecule has 0 aliphatic rings. The zero-order chi connectivity index (χ0) is 12.9. The van der Waals surface area contributed by atoms with Crippen molar-refractivity contribution < 1.29 is 0 Å². The first-order chi connectivity index (χ1) is 9.40. The van der Waals surface area contributed by atoms with Crippen LogP contribution in [0.5, 0.6) is 0 Å². The molecular formula is C13H16N6. The predicted octanol–water partition coefficient (Wildman–Crippen LogP) is 1.36. The van der Waals surface area contributed by atoms with Gasteiger partial charge in [-0.3, -0.25) is 4.68 Å². The summed E-state index contributed by atoms with van der Waals surface area (Å²) in [5, 5.41) is 4.28. The van der Waals surface area contributed by atoms with Crippen molar-refractivity contribution in [3.05, 3.63) is 55.4 Å². The molecule has 0 aromatic carbocycles. The lowest BCUT2D eigenvalue weighted by Gasteiger charge is -2.16. The van der Waals surface area contributed by atoms with Crippen molar-refractivity contribution in [2.45, 2.75) is 19.5 Å². The summed E-state index contributed by atoms with van der Waals surface area (Å²) in [7, 11) is 0. The third-order valence-electron chi connectivity index (χ3n) is 3.07. The van der Waals surface area contributed by atoms with Crippen molar-refractivity contribution in [2.24, 2.45) is 5.92 Å². The Balaban J connectivity index is 1.70. The van der Waals surface area contributed by atoms with Crippen molar-refractivity contribution in [1.29, 1.82) is 0 Å². The smallest absolute Gasteiger partial charge is 0.106 e. The van der Waals surface area contributed by atoms with Gasteiger partial charge in [0.05, 0.1) is 6.33 Å². The average Bonchev–Trinajstić information content (AvgIpc) is 3.10. The van der Waals surface area contributed by atoms with E-state index >= 15 is 0 Å². The molecule has 0 radical (unpaired) electrons. The second kappa shape index (κ2) is 5.51. The number of nitrogens with zero attached hydrogens (tertiary/aromatic N) is 5. The standard InChI is InChI=1S/C13H16N6/c1-2-17-19(6-1)10-12(8-13-15-3-4-16-13)9-18-7-5-14-11-18/h1-7,11-12H,8-10H2,(H,15,16). The summed E-state index contributed by atoms with van der Waals surface area (Å²) in [6.45, 7) is 1.77. The highest BCUT2D eigenvalue weighted by molar-refractivity contribution is 4.90. The fourth-order valence-electron chi connectivity index (χ4n) is 2.24. The average molecular weight is 256 g/mol. The molecule has 0 fully saturated rings. The molecule has 0 saturated heterocycles. The van der Waals surface area contributed by atoms with Crippen LogP contribution in [0.15, 0.2) is 49.6 Å². The molecule has 6 nitrogen and oxygen atoms in total. The lowest BCUT2D eigenvalue weighted by Crippen LogP contribution is -2.20. The summed E-state index contributed by atoms with van der Waals surface area (Å²) >= 11 is 0. The van der Waals surface area contributed by atoms with Gasteiger partial charge in [-0.25, -0.2) is 9.97 Å². The maximum Gasteiger partial charge on any atom is 0.106 e. The maximum absolute atomic E-state index is 4.30. The molecule has 3 rings (SSSR count). The summed E-state index contributed by atoms with van der Waals surface area (Å²) < 4.78 is 4.06. The summed E-state index contributed by atoms with van der Waals surface area (Å²) in [6, 6.07) is 1.95. The Labute approximate surface area is 111 Å². The van der Waals surface area contributed by atoms with Crippen molar-refractivity contribution in [3.8, 4) is 0 Å². The second-order valence-electron chi connectivity index (χ2n) is 4.59. The van der Waals surface area contributed by atoms with Crippen LogP contribution in [0.3, 0.4) is 0 Å². The van der Waals surface area contributed by atoms with Crippen molar-refractivity contribution in [2.75, 3.05) is 0 Å². The summed E-state index contributed by atoms with van der Waals surface area (Å²) in [5.41, 5.74) is 0. The number of aromatic amines is 1. The van der Waals surface area contributed by atoms with Crippen molar-refractivity contribution in [1.82, 2.24) is 29.3 Å². The number of aromatic nitrogens is 6. The molecule has 0 aliphatic heterocycles. The van der Waals surface area contributed by atoms with E-state index in [9.17, 15) is 0 Å². The largest absolute Gasteiger partial charge is 0.349 e. The Bertz CT molecular complexity index is 481. The van der Waals surface area contributed by atoms with E-state index in [2.05, 4.69) is 24.6 Å². The van der Waals surface area contributed by atoms with Gasteiger partial charge in [-0.05, 0) is 6.07 Å². The number of hydrogen-bond acceptors (Lipinski definition) is 3. The van der Waals surface area contributed by atoms with Crippen LogP contribution in [0.25, 0.3) is 0 Å². The summed E-state index contributed by atoms with van der Waals surface area (Å²) in [4.78, 5) is 11.6. The Hall–Kier alpha value is -2.37. The first-order valence-corrected chi connectivity index (χ1v) is 6.31. The molecule has 3 heterocycles. The lowest BCUT2D eigenvalue weighted by atomic mass is 10.1. The Morgan fingerprint density at radius 1 is 1.16 bits per heavy atom. The zero-order valence-corrected chi connectivity index (χ0v) is 10.6. The van der Waals surface area contributed by atoms with Crippen LogP contribution in [0.4, 0.5) is 0 Å². The first kappa shape index (κ1) is 11.7. The molecule has 0 spiro atoms. The highest BCUT2D eigenvalue weighted by Crippen LogP contribution is 2.10. The Kier molecular flexibility index (Phi) is 3.40. The minimum Gasteiger partial charge on any atom is -0.349 e. The molecule has 98 valence electrons. The molecule has 1 unspecified atom stereocenters. The van der Waals surface area contributed by atoms with Gasteiger partial charge in [0, 0.05) is 62.6 Å². The van der Waals surface area contributed by atoms with Crippen molar-refractivity contribution in [3.63, 3.8) is 0 Å². The number of rotatable bonds is 6. The van der Waals surface area contributed by atoms with Gasteiger partial charge >= 0.3 is 0 Å². The van der Waals surface area contributed by atoms with E-state index in [-0.39, 0.29) is 0 Å². The van der Waals surface area contributed by atoms with Gasteiger partial charge in [0.25, 0.3) is 0 Å². The highest BCUT2D eigenvalue weighted by Gasteiger charge is 2.13. The van der Waals surface area contributed by atoms with Crippen LogP contribution >= 0.6 is 0 Å². The van der Waals surface area contributed by atoms with Crippen LogP contribution in [-0.2, 0) is 19.5 Å². The van der Waals surface area contributed by atoms with E-state index in [0.29, 0.717) is 5.92 Å². The molecular weight excluding hydrogens is 240 g/mol. The Morgan fingerprint density at radius 3 is 2.84 bits per heavy atom. The highest BCUT2D eigenvalue weighted by atomic mass is 15.3. The maximum atomic E-state index is 4.30. The molecule has 1 atom stereocenters. The van der Waals surface area contributed by atoms with Crippen molar-refractivity contribution >= 4 is 0 Å². The minimum absolute atomic E-state index is 0.417. The normalized spacial score (nSPS) is 12.6. The third-order valence-corrected chi connectivity index (χ3v) is 3.07. The molecule has 0 bridgehead atoms. The van der Waals surface area contributed by atoms with Crippen LogP contribution in [0, 0.1) is 5.92 Å². The molecule has 0 aliphatic carbocycles. The summed E-state index contributed by atoms with van der Waals surface area (Å²) in [5.74, 6) is 1.43. The molecule has 0 amide bonds. The van der Waals surface area contributed by atoms with Crippen LogP contribution in [-0.4, -0.2) is 29.3 Å². The monoisotopic (exact) mass is 256 g/mol. The SMILES string of the molecule is c1cnn(CC(Cc2ncc[nH]2)Cn2ccnc2)c1. The van der Waals surface area contributed by atoms with Gasteiger partial charge in [0.1, 0.15) is 5.82 Å². The van der Waals surface area contributed by atoms with Gasteiger partial charge < -0.3 is 9.55 Å². The van der Waals surface area contributed by atoms with E-state index < -0.39 is 0 Å². The van der Waals surface area contributed by atoms with Crippen LogP contribution in [0.2, 0.25) is 0 Å². The predicted molar refractivity (Wildman–Crippen MR) is 70.2 cm³/mol. The van der Waals surface area contributed by atoms with E-state index in [1.807, 2.05) is 35.7 Å². The van der Waals surface area contributed by atoms with Gasteiger partial charge in [-0.1, -0.05) is 0 Å². The molecule has 3 aromatic heterocycles. The molecule has 3 aromatic rings. The second-order valence-corrected chi connectivity index (χ2v) is 4.59. The number of imidazole rings is 2. The van der Waals surface area contributed by atoms with E-state index in [4.69, 9.17) is 0 Å². The number of H-pyrrole nitrogens is 1. The van der Waals surface area contributed by atoms with E-state index in [1.54, 1.807) is 18.6 Å². The van der Waals surface area contributed by atoms with Crippen LogP contribution in [0.1, 0.15) is 5.82 Å². The third kappa shape index (κ3) is 3.09. The number of nitrogens with one attached hydrogen (secondary N) is 1. The minimum atomic E-state index is 0.417. The van der Waals surface area contributed by atoms with E-state index in [0.717, 1.165) is 25.3 Å².